The molecule has 0 aliphatic carbocycles. The van der Waals surface area contributed by atoms with Gasteiger partial charge in [-0.15, -0.1) is 0 Å². The molecule has 0 radical (unpaired) electrons. The average Bonchev–Trinajstić information content (AvgIpc) is 2.60. The fraction of sp³-hybridized carbons (Fsp3) is 0.300. The van der Waals surface area contributed by atoms with Gasteiger partial charge in [0.2, 0.25) is 0 Å². The molecule has 0 unspecified atom stereocenters. The molecule has 0 aromatic heterocycles. The van der Waals surface area contributed by atoms with E-state index in [9.17, 15) is 4.79 Å². The molecule has 5 nitrogen and oxygen atoms in total. The first kappa shape index (κ1) is 18.5. The number of rotatable bonds is 6. The molecule has 25 heavy (non-hydrogen) atoms. The fourth-order valence-electron chi connectivity index (χ4n) is 2.18. The monoisotopic (exact) mass is 340 g/mol. The third kappa shape index (κ3) is 5.64. The maximum absolute atomic E-state index is 11.8. The molecule has 1 N–H and O–H groups in total. The summed E-state index contributed by atoms with van der Waals surface area (Å²) in [5.74, 6) is 1.01. The minimum absolute atomic E-state index is 0.0864. The zero-order valence-electron chi connectivity index (χ0n) is 15.1. The lowest BCUT2D eigenvalue weighted by atomic mass is 9.87. The van der Waals surface area contributed by atoms with E-state index in [0.717, 1.165) is 5.56 Å². The number of para-hydroxylation sites is 1. The Morgan fingerprint density at radius 2 is 1.80 bits per heavy atom. The van der Waals surface area contributed by atoms with Crippen molar-refractivity contribution in [1.29, 1.82) is 0 Å². The maximum atomic E-state index is 11.8. The topological polar surface area (TPSA) is 59.9 Å². The summed E-state index contributed by atoms with van der Waals surface area (Å²) >= 11 is 0. The minimum atomic E-state index is -0.328. The first-order valence-electron chi connectivity index (χ1n) is 8.08. The highest BCUT2D eigenvalue weighted by Gasteiger charge is 2.13. The summed E-state index contributed by atoms with van der Waals surface area (Å²) in [4.78, 5) is 11.8. The van der Waals surface area contributed by atoms with Gasteiger partial charge in [-0.2, -0.15) is 5.10 Å². The second-order valence-corrected chi connectivity index (χ2v) is 6.60. The van der Waals surface area contributed by atoms with E-state index in [1.165, 1.54) is 11.8 Å². The molecule has 2 aromatic carbocycles. The fourth-order valence-corrected chi connectivity index (χ4v) is 2.18. The number of benzene rings is 2. The molecule has 0 saturated heterocycles. The predicted molar refractivity (Wildman–Crippen MR) is 99.4 cm³/mol. The quantitative estimate of drug-likeness (QED) is 0.646. The minimum Gasteiger partial charge on any atom is -0.496 e. The lowest BCUT2D eigenvalue weighted by Gasteiger charge is -2.19. The number of ether oxygens (including phenoxy) is 2. The summed E-state index contributed by atoms with van der Waals surface area (Å²) in [5, 5.41) is 3.92. The van der Waals surface area contributed by atoms with Crippen LogP contribution in [0.25, 0.3) is 0 Å². The summed E-state index contributed by atoms with van der Waals surface area (Å²) < 4.78 is 10.7. The SMILES string of the molecule is COc1ccccc1/C=N\NC(=O)COc1ccc(C(C)(C)C)cc1. The zero-order valence-corrected chi connectivity index (χ0v) is 15.1. The van der Waals surface area contributed by atoms with Gasteiger partial charge in [0.1, 0.15) is 11.5 Å². The van der Waals surface area contributed by atoms with E-state index in [2.05, 4.69) is 31.3 Å². The van der Waals surface area contributed by atoms with E-state index >= 15 is 0 Å². The van der Waals surface area contributed by atoms with Crippen LogP contribution in [0.15, 0.2) is 53.6 Å². The van der Waals surface area contributed by atoms with Crippen molar-refractivity contribution in [1.82, 2.24) is 5.43 Å². The third-order valence-corrected chi connectivity index (χ3v) is 3.62. The van der Waals surface area contributed by atoms with E-state index < -0.39 is 0 Å². The molecular formula is C20H24N2O3. The van der Waals surface area contributed by atoms with Gasteiger partial charge in [0, 0.05) is 5.56 Å². The highest BCUT2D eigenvalue weighted by Crippen LogP contribution is 2.24. The Kier molecular flexibility index (Phi) is 6.17. The number of carbonyl (C=O) groups excluding carboxylic acids is 1. The molecule has 0 aliphatic rings. The van der Waals surface area contributed by atoms with Crippen LogP contribution in [0.3, 0.4) is 0 Å². The van der Waals surface area contributed by atoms with E-state index in [1.54, 1.807) is 7.11 Å². The summed E-state index contributed by atoms with van der Waals surface area (Å²) in [5.41, 5.74) is 4.52. The molecule has 0 fully saturated rings. The molecule has 2 rings (SSSR count). The van der Waals surface area contributed by atoms with Crippen LogP contribution >= 0.6 is 0 Å². The van der Waals surface area contributed by atoms with Gasteiger partial charge in [0.15, 0.2) is 6.61 Å². The third-order valence-electron chi connectivity index (χ3n) is 3.62. The van der Waals surface area contributed by atoms with Crippen LogP contribution in [0.2, 0.25) is 0 Å². The molecule has 0 spiro atoms. The van der Waals surface area contributed by atoms with E-state index in [1.807, 2.05) is 48.5 Å². The Morgan fingerprint density at radius 1 is 1.12 bits per heavy atom. The van der Waals surface area contributed by atoms with Crippen LogP contribution in [0.1, 0.15) is 31.9 Å². The zero-order chi connectivity index (χ0) is 18.3. The first-order valence-corrected chi connectivity index (χ1v) is 8.08. The molecule has 0 saturated carbocycles. The van der Waals surface area contributed by atoms with Crippen molar-refractivity contribution in [3.63, 3.8) is 0 Å². The number of hydrazone groups is 1. The summed E-state index contributed by atoms with van der Waals surface area (Å²) in [6.07, 6.45) is 1.54. The van der Waals surface area contributed by atoms with Gasteiger partial charge >= 0.3 is 0 Å². The van der Waals surface area contributed by atoms with Gasteiger partial charge in [-0.05, 0) is 35.2 Å². The first-order chi connectivity index (χ1) is 11.9. The molecule has 2 aromatic rings. The molecule has 0 heterocycles. The number of carbonyl (C=O) groups is 1. The van der Waals surface area contributed by atoms with Gasteiger partial charge in [0.25, 0.3) is 5.91 Å². The predicted octanol–water partition coefficient (Wildman–Crippen LogP) is 3.52. The van der Waals surface area contributed by atoms with Crippen LogP contribution in [0, 0.1) is 0 Å². The highest BCUT2D eigenvalue weighted by molar-refractivity contribution is 5.85. The van der Waals surface area contributed by atoms with Gasteiger partial charge < -0.3 is 9.47 Å². The average molecular weight is 340 g/mol. The van der Waals surface area contributed by atoms with E-state index in [0.29, 0.717) is 11.5 Å². The number of methoxy groups -OCH3 is 1. The van der Waals surface area contributed by atoms with Crippen LogP contribution in [0.4, 0.5) is 0 Å². The molecule has 0 bridgehead atoms. The van der Waals surface area contributed by atoms with Gasteiger partial charge in [-0.1, -0.05) is 45.0 Å². The van der Waals surface area contributed by atoms with Gasteiger partial charge in [-0.3, -0.25) is 4.79 Å². The Morgan fingerprint density at radius 3 is 2.44 bits per heavy atom. The Hall–Kier alpha value is -2.82. The molecular weight excluding hydrogens is 316 g/mol. The van der Waals surface area contributed by atoms with Crippen molar-refractivity contribution in [3.05, 3.63) is 59.7 Å². The van der Waals surface area contributed by atoms with E-state index in [4.69, 9.17) is 9.47 Å². The maximum Gasteiger partial charge on any atom is 0.277 e. The summed E-state index contributed by atoms with van der Waals surface area (Å²) in [6.45, 7) is 6.35. The largest absolute Gasteiger partial charge is 0.496 e. The van der Waals surface area contributed by atoms with Crippen molar-refractivity contribution in [2.45, 2.75) is 26.2 Å². The van der Waals surface area contributed by atoms with Gasteiger partial charge in [-0.25, -0.2) is 5.43 Å². The highest BCUT2D eigenvalue weighted by atomic mass is 16.5. The van der Waals surface area contributed by atoms with Crippen molar-refractivity contribution < 1.29 is 14.3 Å². The van der Waals surface area contributed by atoms with Crippen LogP contribution < -0.4 is 14.9 Å². The number of nitrogens with one attached hydrogen (secondary N) is 1. The number of nitrogens with zero attached hydrogens (tertiary/aromatic N) is 1. The van der Waals surface area contributed by atoms with Gasteiger partial charge in [0.05, 0.1) is 13.3 Å². The molecule has 0 atom stereocenters. The Labute approximate surface area is 148 Å². The van der Waals surface area contributed by atoms with Crippen LogP contribution in [0.5, 0.6) is 11.5 Å². The van der Waals surface area contributed by atoms with Crippen LogP contribution in [-0.4, -0.2) is 25.8 Å². The molecule has 5 heteroatoms. The lowest BCUT2D eigenvalue weighted by Crippen LogP contribution is -2.24. The summed E-state index contributed by atoms with van der Waals surface area (Å²) in [6, 6.07) is 15.2. The van der Waals surface area contributed by atoms with Crippen molar-refractivity contribution in [3.8, 4) is 11.5 Å². The van der Waals surface area contributed by atoms with Crippen molar-refractivity contribution in [2.24, 2.45) is 5.10 Å². The van der Waals surface area contributed by atoms with Crippen molar-refractivity contribution >= 4 is 12.1 Å². The Balaban J connectivity index is 1.83. The molecule has 132 valence electrons. The molecule has 1 amide bonds. The summed E-state index contributed by atoms with van der Waals surface area (Å²) in [7, 11) is 1.59. The van der Waals surface area contributed by atoms with Crippen molar-refractivity contribution in [2.75, 3.05) is 13.7 Å². The normalized spacial score (nSPS) is 11.4. The number of amides is 1. The molecule has 0 aliphatic heterocycles. The number of hydrogen-bond donors (Lipinski definition) is 1. The Bertz CT molecular complexity index is 731. The van der Waals surface area contributed by atoms with Crippen LogP contribution in [-0.2, 0) is 10.2 Å². The number of hydrogen-bond acceptors (Lipinski definition) is 4. The smallest absolute Gasteiger partial charge is 0.277 e. The van der Waals surface area contributed by atoms with E-state index in [-0.39, 0.29) is 17.9 Å². The standard InChI is InChI=1S/C20H24N2O3/c1-20(2,3)16-9-11-17(12-10-16)25-14-19(23)22-21-13-15-7-5-6-8-18(15)24-4/h5-13H,14H2,1-4H3,(H,22,23)/b21-13-. The second kappa shape index (κ2) is 8.33. The lowest BCUT2D eigenvalue weighted by molar-refractivity contribution is -0.123. The second-order valence-electron chi connectivity index (χ2n) is 6.60.